The van der Waals surface area contributed by atoms with Crippen molar-refractivity contribution >= 4 is 5.91 Å². The minimum Gasteiger partial charge on any atom is -0.365 e. The number of nitrogens with two attached hydrogens (primary N) is 1. The van der Waals surface area contributed by atoms with E-state index >= 15 is 0 Å². The van der Waals surface area contributed by atoms with Crippen LogP contribution in [0.2, 0.25) is 0 Å². The van der Waals surface area contributed by atoms with Crippen LogP contribution < -0.4 is 5.73 Å². The molecule has 0 aromatic carbocycles. The summed E-state index contributed by atoms with van der Waals surface area (Å²) in [5.74, 6) is -2.68. The number of ether oxygens (including phenoxy) is 1. The van der Waals surface area contributed by atoms with E-state index in [4.69, 9.17) is 10.8 Å². The molecular formula is C5H11NO3. The number of hydrogen-bond donors (Lipinski definition) is 2. The molecule has 0 saturated carbocycles. The van der Waals surface area contributed by atoms with Gasteiger partial charge in [-0.1, -0.05) is 0 Å². The number of primary amides is 1. The summed E-state index contributed by atoms with van der Waals surface area (Å²) in [6.07, 6.45) is 0. The molecule has 1 amide bonds. The molecule has 0 aliphatic heterocycles. The predicted octanol–water partition coefficient (Wildman–Crippen LogP) is -0.783. The van der Waals surface area contributed by atoms with Gasteiger partial charge in [-0.3, -0.25) is 4.79 Å². The van der Waals surface area contributed by atoms with Gasteiger partial charge in [0, 0.05) is 6.61 Å². The Morgan fingerprint density at radius 1 is 1.89 bits per heavy atom. The van der Waals surface area contributed by atoms with E-state index in [2.05, 4.69) is 4.74 Å². The van der Waals surface area contributed by atoms with Crippen LogP contribution in [0, 0.1) is 0 Å². The highest BCUT2D eigenvalue weighted by Gasteiger charge is 2.27. The summed E-state index contributed by atoms with van der Waals surface area (Å²) in [6, 6.07) is 0. The quantitative estimate of drug-likeness (QED) is 0.496. The summed E-state index contributed by atoms with van der Waals surface area (Å²) < 4.78 is 4.57. The van der Waals surface area contributed by atoms with Gasteiger partial charge in [0.05, 0.1) is 0 Å². The first-order valence-electron chi connectivity index (χ1n) is 2.67. The van der Waals surface area contributed by atoms with Crippen molar-refractivity contribution < 1.29 is 14.6 Å². The van der Waals surface area contributed by atoms with Gasteiger partial charge in [-0.15, -0.1) is 0 Å². The number of carbonyl (C=O) groups is 1. The first-order valence-corrected chi connectivity index (χ1v) is 2.67. The van der Waals surface area contributed by atoms with Gasteiger partial charge in [0.2, 0.25) is 5.79 Å². The van der Waals surface area contributed by atoms with Gasteiger partial charge in [-0.2, -0.15) is 0 Å². The Labute approximate surface area is 53.6 Å². The summed E-state index contributed by atoms with van der Waals surface area (Å²) in [6.45, 7) is 3.13. The van der Waals surface area contributed by atoms with E-state index in [0.717, 1.165) is 0 Å². The zero-order chi connectivity index (χ0) is 7.49. The van der Waals surface area contributed by atoms with Gasteiger partial charge < -0.3 is 15.6 Å². The predicted molar refractivity (Wildman–Crippen MR) is 31.4 cm³/mol. The van der Waals surface area contributed by atoms with Crippen LogP contribution >= 0.6 is 0 Å². The number of amides is 1. The van der Waals surface area contributed by atoms with Crippen molar-refractivity contribution in [2.75, 3.05) is 6.61 Å². The Bertz CT molecular complexity index is 111. The summed E-state index contributed by atoms with van der Waals surface area (Å²) in [5.41, 5.74) is 4.74. The van der Waals surface area contributed by atoms with Crippen LogP contribution in [0.5, 0.6) is 0 Å². The molecular weight excluding hydrogens is 122 g/mol. The molecule has 0 bridgehead atoms. The van der Waals surface area contributed by atoms with Gasteiger partial charge in [0.25, 0.3) is 5.91 Å². The molecule has 0 rings (SSSR count). The third kappa shape index (κ3) is 2.43. The molecule has 3 N–H and O–H groups in total. The summed E-state index contributed by atoms with van der Waals surface area (Å²) in [4.78, 5) is 10.3. The van der Waals surface area contributed by atoms with E-state index in [9.17, 15) is 4.79 Å². The molecule has 0 heterocycles. The van der Waals surface area contributed by atoms with Crippen molar-refractivity contribution in [1.82, 2.24) is 0 Å². The van der Waals surface area contributed by atoms with E-state index in [1.807, 2.05) is 0 Å². The van der Waals surface area contributed by atoms with E-state index in [1.165, 1.54) is 6.92 Å². The van der Waals surface area contributed by atoms with Crippen LogP contribution in [0.1, 0.15) is 13.8 Å². The third-order valence-corrected chi connectivity index (χ3v) is 0.883. The number of carbonyl (C=O) groups excluding carboxylic acids is 1. The molecule has 4 nitrogen and oxygen atoms in total. The standard InChI is InChI=1S/C5H11NO3/c1-3-9-5(2,8)4(6)7/h8H,3H2,1-2H3,(H2,6,7). The minimum atomic E-state index is -1.81. The molecule has 9 heavy (non-hydrogen) atoms. The first kappa shape index (κ1) is 8.39. The van der Waals surface area contributed by atoms with Crippen molar-refractivity contribution in [3.63, 3.8) is 0 Å². The second kappa shape index (κ2) is 2.80. The molecule has 0 fully saturated rings. The Morgan fingerprint density at radius 3 is 2.44 bits per heavy atom. The van der Waals surface area contributed by atoms with E-state index in [1.54, 1.807) is 6.92 Å². The molecule has 54 valence electrons. The van der Waals surface area contributed by atoms with Gasteiger partial charge >= 0.3 is 0 Å². The topological polar surface area (TPSA) is 72.6 Å². The Morgan fingerprint density at radius 2 is 2.33 bits per heavy atom. The lowest BCUT2D eigenvalue weighted by molar-refractivity contribution is -0.194. The van der Waals surface area contributed by atoms with Gasteiger partial charge in [0.15, 0.2) is 0 Å². The lowest BCUT2D eigenvalue weighted by atomic mass is 10.3. The maximum atomic E-state index is 10.3. The smallest absolute Gasteiger partial charge is 0.277 e. The van der Waals surface area contributed by atoms with Gasteiger partial charge in [-0.25, -0.2) is 0 Å². The average molecular weight is 133 g/mol. The molecule has 1 atom stereocenters. The molecule has 1 unspecified atom stereocenters. The van der Waals surface area contributed by atoms with Crippen molar-refractivity contribution in [2.45, 2.75) is 19.6 Å². The molecule has 0 aliphatic carbocycles. The lowest BCUT2D eigenvalue weighted by Gasteiger charge is -2.17. The number of rotatable bonds is 3. The fourth-order valence-electron chi connectivity index (χ4n) is 0.352. The van der Waals surface area contributed by atoms with Crippen molar-refractivity contribution in [3.8, 4) is 0 Å². The maximum absolute atomic E-state index is 10.3. The summed E-state index contributed by atoms with van der Waals surface area (Å²) in [5, 5.41) is 8.89. The Hall–Kier alpha value is -0.610. The molecule has 0 aromatic rings. The molecule has 0 spiro atoms. The van der Waals surface area contributed by atoms with Crippen molar-refractivity contribution in [3.05, 3.63) is 0 Å². The third-order valence-electron chi connectivity index (χ3n) is 0.883. The maximum Gasteiger partial charge on any atom is 0.277 e. The van der Waals surface area contributed by atoms with Crippen molar-refractivity contribution in [2.24, 2.45) is 5.73 Å². The molecule has 0 saturated heterocycles. The lowest BCUT2D eigenvalue weighted by Crippen LogP contribution is -2.43. The Balaban J connectivity index is 3.85. The zero-order valence-corrected chi connectivity index (χ0v) is 5.55. The van der Waals surface area contributed by atoms with E-state index < -0.39 is 11.7 Å². The second-order valence-corrected chi connectivity index (χ2v) is 1.78. The minimum absolute atomic E-state index is 0.260. The van der Waals surface area contributed by atoms with Gasteiger partial charge in [-0.05, 0) is 13.8 Å². The van der Waals surface area contributed by atoms with Crippen LogP contribution in [0.3, 0.4) is 0 Å². The highest BCUT2D eigenvalue weighted by molar-refractivity contribution is 5.80. The van der Waals surface area contributed by atoms with E-state index in [0.29, 0.717) is 0 Å². The van der Waals surface area contributed by atoms with Crippen LogP contribution in [-0.2, 0) is 9.53 Å². The Kier molecular flexibility index (Phi) is 2.61. The zero-order valence-electron chi connectivity index (χ0n) is 5.55. The van der Waals surface area contributed by atoms with Gasteiger partial charge in [0.1, 0.15) is 0 Å². The first-order chi connectivity index (χ1) is 4.00. The monoisotopic (exact) mass is 133 g/mol. The molecule has 0 aliphatic rings. The SMILES string of the molecule is CCOC(C)(O)C(N)=O. The summed E-state index contributed by atoms with van der Waals surface area (Å²) >= 11 is 0. The fraction of sp³-hybridized carbons (Fsp3) is 0.800. The van der Waals surface area contributed by atoms with E-state index in [-0.39, 0.29) is 6.61 Å². The van der Waals surface area contributed by atoms with Crippen LogP contribution in [0.15, 0.2) is 0 Å². The number of aliphatic hydroxyl groups is 1. The number of hydrogen-bond acceptors (Lipinski definition) is 3. The van der Waals surface area contributed by atoms with Crippen LogP contribution in [-0.4, -0.2) is 23.4 Å². The molecule has 0 aromatic heterocycles. The summed E-state index contributed by atoms with van der Waals surface area (Å²) in [7, 11) is 0. The second-order valence-electron chi connectivity index (χ2n) is 1.78. The van der Waals surface area contributed by atoms with Crippen LogP contribution in [0.4, 0.5) is 0 Å². The van der Waals surface area contributed by atoms with Crippen LogP contribution in [0.25, 0.3) is 0 Å². The van der Waals surface area contributed by atoms with Crippen molar-refractivity contribution in [1.29, 1.82) is 0 Å². The highest BCUT2D eigenvalue weighted by atomic mass is 16.6. The largest absolute Gasteiger partial charge is 0.365 e. The fourth-order valence-corrected chi connectivity index (χ4v) is 0.352. The average Bonchev–Trinajstić information content (AvgIpc) is 1.65. The highest BCUT2D eigenvalue weighted by Crippen LogP contribution is 2.02. The molecule has 4 heteroatoms. The molecule has 0 radical (unpaired) electrons. The normalized spacial score (nSPS) is 16.8.